The van der Waals surface area contributed by atoms with Gasteiger partial charge in [-0.15, -0.1) is 0 Å². The third kappa shape index (κ3) is 5.59. The van der Waals surface area contributed by atoms with Crippen LogP contribution >= 0.6 is 0 Å². The quantitative estimate of drug-likeness (QED) is 0.392. The molecule has 0 aromatic heterocycles. The molecule has 5 heteroatoms. The van der Waals surface area contributed by atoms with Gasteiger partial charge in [0.25, 0.3) is 0 Å². The van der Waals surface area contributed by atoms with E-state index in [-0.39, 0.29) is 5.84 Å². The van der Waals surface area contributed by atoms with Crippen LogP contribution in [-0.4, -0.2) is 32.8 Å². The fourth-order valence-corrected chi connectivity index (χ4v) is 1.71. The predicted octanol–water partition coefficient (Wildman–Crippen LogP) is 2.31. The molecule has 20 heavy (non-hydrogen) atoms. The molecule has 0 saturated carbocycles. The zero-order valence-corrected chi connectivity index (χ0v) is 12.3. The zero-order chi connectivity index (χ0) is 14.8. The van der Waals surface area contributed by atoms with Crippen molar-refractivity contribution in [2.45, 2.75) is 26.4 Å². The zero-order valence-electron chi connectivity index (χ0n) is 12.3. The van der Waals surface area contributed by atoms with Crippen molar-refractivity contribution in [2.24, 2.45) is 5.73 Å². The van der Waals surface area contributed by atoms with Gasteiger partial charge in [-0.25, -0.2) is 0 Å². The Kier molecular flexibility index (Phi) is 7.69. The molecule has 0 amide bonds. The number of hydrogen-bond acceptors (Lipinski definition) is 4. The van der Waals surface area contributed by atoms with Gasteiger partial charge >= 0.3 is 0 Å². The SMILES string of the molecule is CCCCOCCOCc1ccc(OC)c(C(=N)N)c1. The Hall–Kier alpha value is -1.59. The van der Waals surface area contributed by atoms with Gasteiger partial charge in [-0.3, -0.25) is 5.41 Å². The molecule has 3 N–H and O–H groups in total. The first-order chi connectivity index (χ1) is 9.69. The van der Waals surface area contributed by atoms with Gasteiger partial charge in [-0.1, -0.05) is 19.4 Å². The van der Waals surface area contributed by atoms with E-state index in [1.807, 2.05) is 12.1 Å². The summed E-state index contributed by atoms with van der Waals surface area (Å²) in [6.45, 7) is 4.56. The van der Waals surface area contributed by atoms with E-state index in [1.165, 1.54) is 0 Å². The molecule has 0 aliphatic heterocycles. The Labute approximate surface area is 120 Å². The van der Waals surface area contributed by atoms with Crippen molar-refractivity contribution in [3.63, 3.8) is 0 Å². The Morgan fingerprint density at radius 2 is 1.95 bits per heavy atom. The largest absolute Gasteiger partial charge is 0.496 e. The van der Waals surface area contributed by atoms with Crippen LogP contribution in [0.4, 0.5) is 0 Å². The lowest BCUT2D eigenvalue weighted by Gasteiger charge is -2.10. The molecule has 0 spiro atoms. The van der Waals surface area contributed by atoms with Crippen LogP contribution in [0.3, 0.4) is 0 Å². The number of unbranched alkanes of at least 4 members (excludes halogenated alkanes) is 1. The lowest BCUT2D eigenvalue weighted by molar-refractivity contribution is 0.0396. The standard InChI is InChI=1S/C15H24N2O3/c1-3-4-7-19-8-9-20-11-12-5-6-14(18-2)13(10-12)15(16)17/h5-6,10H,3-4,7-9,11H2,1-2H3,(H3,16,17). The van der Waals surface area contributed by atoms with E-state index in [1.54, 1.807) is 13.2 Å². The minimum Gasteiger partial charge on any atom is -0.496 e. The van der Waals surface area contributed by atoms with E-state index in [4.69, 9.17) is 25.4 Å². The van der Waals surface area contributed by atoms with Crippen LogP contribution < -0.4 is 10.5 Å². The van der Waals surface area contributed by atoms with Crippen molar-refractivity contribution >= 4 is 5.84 Å². The van der Waals surface area contributed by atoms with Crippen molar-refractivity contribution in [1.29, 1.82) is 5.41 Å². The summed E-state index contributed by atoms with van der Waals surface area (Å²) in [4.78, 5) is 0. The van der Waals surface area contributed by atoms with Crippen LogP contribution in [0.2, 0.25) is 0 Å². The van der Waals surface area contributed by atoms with Crippen molar-refractivity contribution in [2.75, 3.05) is 26.9 Å². The molecule has 0 aliphatic rings. The van der Waals surface area contributed by atoms with E-state index >= 15 is 0 Å². The molecule has 0 fully saturated rings. The van der Waals surface area contributed by atoms with Crippen LogP contribution in [0.5, 0.6) is 5.75 Å². The van der Waals surface area contributed by atoms with E-state index in [2.05, 4.69) is 6.92 Å². The van der Waals surface area contributed by atoms with Gasteiger partial charge in [0.15, 0.2) is 0 Å². The molecule has 1 rings (SSSR count). The lowest BCUT2D eigenvalue weighted by Crippen LogP contribution is -2.13. The van der Waals surface area contributed by atoms with Crippen LogP contribution in [-0.2, 0) is 16.1 Å². The number of ether oxygens (including phenoxy) is 3. The smallest absolute Gasteiger partial charge is 0.129 e. The summed E-state index contributed by atoms with van der Waals surface area (Å²) in [6, 6.07) is 5.52. The Bertz CT molecular complexity index is 422. The molecule has 0 unspecified atom stereocenters. The van der Waals surface area contributed by atoms with Crippen LogP contribution in [0.25, 0.3) is 0 Å². The summed E-state index contributed by atoms with van der Waals surface area (Å²) >= 11 is 0. The van der Waals surface area contributed by atoms with E-state index in [0.717, 1.165) is 25.0 Å². The number of benzene rings is 1. The maximum Gasteiger partial charge on any atom is 0.129 e. The summed E-state index contributed by atoms with van der Waals surface area (Å²) in [5.74, 6) is 0.593. The predicted molar refractivity (Wildman–Crippen MR) is 79.4 cm³/mol. The number of amidine groups is 1. The molecule has 0 atom stereocenters. The Morgan fingerprint density at radius 1 is 1.20 bits per heavy atom. The number of nitrogens with two attached hydrogens (primary N) is 1. The molecule has 0 aliphatic carbocycles. The average Bonchev–Trinajstić information content (AvgIpc) is 2.46. The normalized spacial score (nSPS) is 10.5. The highest BCUT2D eigenvalue weighted by molar-refractivity contribution is 5.97. The topological polar surface area (TPSA) is 77.6 Å². The molecule has 0 bridgehead atoms. The molecule has 5 nitrogen and oxygen atoms in total. The average molecular weight is 280 g/mol. The minimum atomic E-state index is -0.00778. The van der Waals surface area contributed by atoms with Crippen molar-refractivity contribution in [3.05, 3.63) is 29.3 Å². The minimum absolute atomic E-state index is 0.00778. The number of methoxy groups -OCH3 is 1. The first kappa shape index (κ1) is 16.5. The second kappa shape index (κ2) is 9.34. The third-order valence-electron chi connectivity index (χ3n) is 2.84. The first-order valence-electron chi connectivity index (χ1n) is 6.85. The first-order valence-corrected chi connectivity index (χ1v) is 6.85. The fraction of sp³-hybridized carbons (Fsp3) is 0.533. The van der Waals surface area contributed by atoms with Crippen molar-refractivity contribution in [3.8, 4) is 5.75 Å². The summed E-state index contributed by atoms with van der Waals surface area (Å²) in [7, 11) is 1.56. The monoisotopic (exact) mass is 280 g/mol. The van der Waals surface area contributed by atoms with Gasteiger partial charge in [0, 0.05) is 6.61 Å². The molecule has 1 aromatic rings. The number of nitrogen functional groups attached to an aromatic ring is 1. The highest BCUT2D eigenvalue weighted by Crippen LogP contribution is 2.19. The maximum absolute atomic E-state index is 7.52. The number of hydrogen-bond donors (Lipinski definition) is 2. The van der Waals surface area contributed by atoms with Gasteiger partial charge < -0.3 is 19.9 Å². The fourth-order valence-electron chi connectivity index (χ4n) is 1.71. The van der Waals surface area contributed by atoms with Gasteiger partial charge in [-0.05, 0) is 24.1 Å². The van der Waals surface area contributed by atoms with E-state index < -0.39 is 0 Å². The Morgan fingerprint density at radius 3 is 2.60 bits per heavy atom. The van der Waals surface area contributed by atoms with E-state index in [0.29, 0.717) is 31.1 Å². The molecule has 0 heterocycles. The molecule has 0 saturated heterocycles. The number of rotatable bonds is 10. The third-order valence-corrected chi connectivity index (χ3v) is 2.84. The molecule has 0 radical (unpaired) electrons. The highest BCUT2D eigenvalue weighted by Gasteiger charge is 2.07. The van der Waals surface area contributed by atoms with Gasteiger partial charge in [0.2, 0.25) is 0 Å². The lowest BCUT2D eigenvalue weighted by atomic mass is 10.1. The van der Waals surface area contributed by atoms with Gasteiger partial charge in [-0.2, -0.15) is 0 Å². The highest BCUT2D eigenvalue weighted by atomic mass is 16.5. The van der Waals surface area contributed by atoms with Crippen LogP contribution in [0.15, 0.2) is 18.2 Å². The summed E-state index contributed by atoms with van der Waals surface area (Å²) in [6.07, 6.45) is 2.22. The van der Waals surface area contributed by atoms with Gasteiger partial charge in [0.1, 0.15) is 11.6 Å². The summed E-state index contributed by atoms with van der Waals surface area (Å²) in [5, 5.41) is 7.52. The second-order valence-corrected chi connectivity index (χ2v) is 4.47. The molecular weight excluding hydrogens is 256 g/mol. The van der Waals surface area contributed by atoms with Crippen LogP contribution in [0, 0.1) is 5.41 Å². The second-order valence-electron chi connectivity index (χ2n) is 4.47. The summed E-state index contributed by atoms with van der Waals surface area (Å²) in [5.41, 5.74) is 7.08. The number of nitrogens with one attached hydrogen (secondary N) is 1. The Balaban J connectivity index is 2.37. The van der Waals surface area contributed by atoms with Crippen LogP contribution in [0.1, 0.15) is 30.9 Å². The van der Waals surface area contributed by atoms with E-state index in [9.17, 15) is 0 Å². The molecular formula is C15H24N2O3. The molecule has 112 valence electrons. The molecule has 1 aromatic carbocycles. The van der Waals surface area contributed by atoms with Crippen molar-refractivity contribution in [1.82, 2.24) is 0 Å². The summed E-state index contributed by atoms with van der Waals surface area (Å²) < 4.78 is 16.1. The maximum atomic E-state index is 7.52. The van der Waals surface area contributed by atoms with Crippen molar-refractivity contribution < 1.29 is 14.2 Å². The van der Waals surface area contributed by atoms with Gasteiger partial charge in [0.05, 0.1) is 32.5 Å².